The van der Waals surface area contributed by atoms with Crippen molar-refractivity contribution in [1.82, 2.24) is 14.9 Å². The molecule has 0 saturated heterocycles. The summed E-state index contributed by atoms with van der Waals surface area (Å²) in [6.07, 6.45) is 9.34. The van der Waals surface area contributed by atoms with Gasteiger partial charge in [0.25, 0.3) is 0 Å². The minimum atomic E-state index is 0.387. The second-order valence-corrected chi connectivity index (χ2v) is 6.35. The van der Waals surface area contributed by atoms with Gasteiger partial charge in [0.15, 0.2) is 0 Å². The summed E-state index contributed by atoms with van der Waals surface area (Å²) in [4.78, 5) is 11.8. The van der Waals surface area contributed by atoms with Crippen LogP contribution in [0.4, 0.5) is 0 Å². The van der Waals surface area contributed by atoms with Crippen LogP contribution in [0.3, 0.4) is 0 Å². The zero-order valence-electron chi connectivity index (χ0n) is 12.5. The molecule has 1 aliphatic carbocycles. The van der Waals surface area contributed by atoms with Crippen molar-refractivity contribution in [1.29, 1.82) is 0 Å². The first-order chi connectivity index (χ1) is 9.76. The second-order valence-electron chi connectivity index (χ2n) is 6.35. The lowest BCUT2D eigenvalue weighted by Crippen LogP contribution is -2.20. The summed E-state index contributed by atoms with van der Waals surface area (Å²) in [6, 6.07) is 0.387. The van der Waals surface area contributed by atoms with Crippen LogP contribution in [0.25, 0.3) is 0 Å². The number of fused-ring (bicyclic) bond motifs is 1. The minimum Gasteiger partial charge on any atom is -0.328 e. The maximum absolute atomic E-state index is 5.96. The second kappa shape index (κ2) is 6.19. The number of hydrogen-bond acceptors (Lipinski definition) is 4. The van der Waals surface area contributed by atoms with Gasteiger partial charge in [-0.2, -0.15) is 0 Å². The third-order valence-electron chi connectivity index (χ3n) is 4.51. The van der Waals surface area contributed by atoms with Gasteiger partial charge in [0, 0.05) is 36.8 Å². The predicted octanol–water partition coefficient (Wildman–Crippen LogP) is 2.58. The zero-order valence-corrected chi connectivity index (χ0v) is 12.5. The summed E-state index contributed by atoms with van der Waals surface area (Å²) in [6.45, 7) is 5.36. The van der Waals surface area contributed by atoms with Gasteiger partial charge < -0.3 is 5.73 Å². The topological polar surface area (TPSA) is 55.0 Å². The Kier molecular flexibility index (Phi) is 4.32. The third-order valence-corrected chi connectivity index (χ3v) is 4.51. The SMILES string of the molecule is CC[C@H](N)CCCCN1Cc2cnc(C3CC3)nc2C1. The smallest absolute Gasteiger partial charge is 0.131 e. The number of nitrogens with two attached hydrogens (primary N) is 1. The standard InChI is InChI=1S/C16H26N4/c1-2-14(17)5-3-4-8-20-10-13-9-18-16(12-6-7-12)19-15(13)11-20/h9,12,14H,2-8,10-11,17H2,1H3/t14-/m0/s1. The van der Waals surface area contributed by atoms with Crippen LogP contribution in [0, 0.1) is 0 Å². The monoisotopic (exact) mass is 274 g/mol. The van der Waals surface area contributed by atoms with Crippen LogP contribution in [0.2, 0.25) is 0 Å². The fraction of sp³-hybridized carbons (Fsp3) is 0.750. The highest BCUT2D eigenvalue weighted by Gasteiger charge is 2.29. The molecule has 1 aliphatic heterocycles. The Balaban J connectivity index is 1.45. The van der Waals surface area contributed by atoms with E-state index in [0.717, 1.165) is 38.3 Å². The zero-order chi connectivity index (χ0) is 13.9. The molecule has 0 spiro atoms. The first kappa shape index (κ1) is 14.0. The molecule has 4 nitrogen and oxygen atoms in total. The van der Waals surface area contributed by atoms with Crippen molar-refractivity contribution in [3.63, 3.8) is 0 Å². The minimum absolute atomic E-state index is 0.387. The van der Waals surface area contributed by atoms with E-state index in [1.165, 1.54) is 36.9 Å². The highest BCUT2D eigenvalue weighted by Crippen LogP contribution is 2.38. The van der Waals surface area contributed by atoms with E-state index in [9.17, 15) is 0 Å². The van der Waals surface area contributed by atoms with Gasteiger partial charge in [-0.1, -0.05) is 13.3 Å². The van der Waals surface area contributed by atoms with Gasteiger partial charge in [0.05, 0.1) is 5.69 Å². The van der Waals surface area contributed by atoms with Crippen LogP contribution >= 0.6 is 0 Å². The van der Waals surface area contributed by atoms with Gasteiger partial charge >= 0.3 is 0 Å². The summed E-state index contributed by atoms with van der Waals surface area (Å²) < 4.78 is 0. The molecule has 2 aliphatic rings. The van der Waals surface area contributed by atoms with Crippen LogP contribution < -0.4 is 5.73 Å². The number of aromatic nitrogens is 2. The van der Waals surface area contributed by atoms with Gasteiger partial charge in [0.1, 0.15) is 5.82 Å². The lowest BCUT2D eigenvalue weighted by atomic mass is 10.1. The van der Waals surface area contributed by atoms with Crippen LogP contribution in [0.1, 0.15) is 68.4 Å². The maximum Gasteiger partial charge on any atom is 0.131 e. The quantitative estimate of drug-likeness (QED) is 0.776. The summed E-state index contributed by atoms with van der Waals surface area (Å²) in [5, 5.41) is 0. The van der Waals surface area contributed by atoms with E-state index in [-0.39, 0.29) is 0 Å². The fourth-order valence-electron chi connectivity index (χ4n) is 2.88. The summed E-state index contributed by atoms with van der Waals surface area (Å²) >= 11 is 0. The van der Waals surface area contributed by atoms with Gasteiger partial charge in [0.2, 0.25) is 0 Å². The summed E-state index contributed by atoms with van der Waals surface area (Å²) in [5.74, 6) is 1.74. The Morgan fingerprint density at radius 1 is 1.35 bits per heavy atom. The van der Waals surface area contributed by atoms with E-state index in [1.54, 1.807) is 0 Å². The van der Waals surface area contributed by atoms with Crippen molar-refractivity contribution in [3.05, 3.63) is 23.3 Å². The first-order valence-corrected chi connectivity index (χ1v) is 8.09. The van der Waals surface area contributed by atoms with Crippen LogP contribution in [0.5, 0.6) is 0 Å². The molecular formula is C16H26N4. The van der Waals surface area contributed by atoms with Crippen molar-refractivity contribution < 1.29 is 0 Å². The first-order valence-electron chi connectivity index (χ1n) is 8.09. The number of nitrogens with zero attached hydrogens (tertiary/aromatic N) is 3. The van der Waals surface area contributed by atoms with Gasteiger partial charge in [-0.05, 0) is 38.6 Å². The normalized spacial score (nSPS) is 20.1. The Bertz CT molecular complexity index is 456. The molecule has 1 aromatic heterocycles. The van der Waals surface area contributed by atoms with E-state index in [4.69, 9.17) is 10.7 Å². The Labute approximate surface area is 121 Å². The molecule has 0 radical (unpaired) electrons. The lowest BCUT2D eigenvalue weighted by molar-refractivity contribution is 0.274. The highest BCUT2D eigenvalue weighted by molar-refractivity contribution is 5.23. The van der Waals surface area contributed by atoms with E-state index in [2.05, 4.69) is 23.0 Å². The molecule has 1 atom stereocenters. The number of hydrogen-bond donors (Lipinski definition) is 1. The average Bonchev–Trinajstić information content (AvgIpc) is 3.23. The Morgan fingerprint density at radius 2 is 2.20 bits per heavy atom. The summed E-state index contributed by atoms with van der Waals surface area (Å²) in [7, 11) is 0. The average molecular weight is 274 g/mol. The largest absolute Gasteiger partial charge is 0.328 e. The molecule has 0 amide bonds. The van der Waals surface area contributed by atoms with Crippen LogP contribution in [0.15, 0.2) is 6.20 Å². The van der Waals surface area contributed by atoms with Gasteiger partial charge in [-0.25, -0.2) is 9.97 Å². The van der Waals surface area contributed by atoms with Crippen molar-refractivity contribution in [2.24, 2.45) is 5.73 Å². The predicted molar refractivity (Wildman–Crippen MR) is 80.2 cm³/mol. The van der Waals surface area contributed by atoms with E-state index >= 15 is 0 Å². The molecule has 0 aromatic carbocycles. The molecule has 4 heteroatoms. The van der Waals surface area contributed by atoms with E-state index < -0.39 is 0 Å². The van der Waals surface area contributed by atoms with Crippen molar-refractivity contribution >= 4 is 0 Å². The Hall–Kier alpha value is -1.00. The molecule has 1 saturated carbocycles. The highest BCUT2D eigenvalue weighted by atomic mass is 15.2. The molecule has 110 valence electrons. The molecule has 20 heavy (non-hydrogen) atoms. The summed E-state index contributed by atoms with van der Waals surface area (Å²) in [5.41, 5.74) is 8.56. The molecule has 2 N–H and O–H groups in total. The number of unbranched alkanes of at least 4 members (excludes halogenated alkanes) is 1. The molecular weight excluding hydrogens is 248 g/mol. The molecule has 0 unspecified atom stereocenters. The molecule has 2 heterocycles. The van der Waals surface area contributed by atoms with Crippen LogP contribution in [-0.2, 0) is 13.1 Å². The van der Waals surface area contributed by atoms with Crippen LogP contribution in [-0.4, -0.2) is 27.5 Å². The third kappa shape index (κ3) is 3.36. The van der Waals surface area contributed by atoms with Gasteiger partial charge in [-0.15, -0.1) is 0 Å². The van der Waals surface area contributed by atoms with E-state index in [0.29, 0.717) is 12.0 Å². The molecule has 1 aromatic rings. The maximum atomic E-state index is 5.96. The van der Waals surface area contributed by atoms with E-state index in [1.807, 2.05) is 0 Å². The molecule has 1 fully saturated rings. The lowest BCUT2D eigenvalue weighted by Gasteiger charge is -2.14. The van der Waals surface area contributed by atoms with Gasteiger partial charge in [-0.3, -0.25) is 4.90 Å². The van der Waals surface area contributed by atoms with Crippen molar-refractivity contribution in [2.75, 3.05) is 6.54 Å². The molecule has 3 rings (SSSR count). The van der Waals surface area contributed by atoms with Crippen molar-refractivity contribution in [3.8, 4) is 0 Å². The Morgan fingerprint density at radius 3 is 2.95 bits per heavy atom. The molecule has 0 bridgehead atoms. The number of rotatable bonds is 7. The van der Waals surface area contributed by atoms with Crippen molar-refractivity contribution in [2.45, 2.75) is 70.5 Å². The fourth-order valence-corrected chi connectivity index (χ4v) is 2.88.